The molecule has 1 aromatic rings. The predicted octanol–water partition coefficient (Wildman–Crippen LogP) is 0.930. The number of nitrogens with zero attached hydrogens (tertiary/aromatic N) is 2. The number of hydrogen-bond acceptors (Lipinski definition) is 4. The number of piperazine rings is 1. The van der Waals surface area contributed by atoms with Crippen molar-refractivity contribution < 1.29 is 19.1 Å². The number of carbonyl (C=O) groups is 2. The Morgan fingerprint density at radius 2 is 1.79 bits per heavy atom. The van der Waals surface area contributed by atoms with Crippen molar-refractivity contribution in [2.24, 2.45) is 0 Å². The summed E-state index contributed by atoms with van der Waals surface area (Å²) in [6.07, 6.45) is 2.69. The van der Waals surface area contributed by atoms with Crippen LogP contribution in [-0.2, 0) is 10.3 Å². The Balaban J connectivity index is 1.44. The molecule has 2 fully saturated rings. The van der Waals surface area contributed by atoms with Gasteiger partial charge in [0.15, 0.2) is 11.5 Å². The Labute approximate surface area is 140 Å². The van der Waals surface area contributed by atoms with Gasteiger partial charge in [0.05, 0.1) is 5.54 Å². The summed E-state index contributed by atoms with van der Waals surface area (Å²) < 4.78 is 11.2. The van der Waals surface area contributed by atoms with Gasteiger partial charge >= 0.3 is 6.03 Å². The Morgan fingerprint density at radius 3 is 2.46 bits per heavy atom. The highest BCUT2D eigenvalue weighted by molar-refractivity contribution is 5.76. The average molecular weight is 331 g/mol. The second kappa shape index (κ2) is 5.89. The highest BCUT2D eigenvalue weighted by Crippen LogP contribution is 2.48. The number of rotatable bonds is 3. The summed E-state index contributed by atoms with van der Waals surface area (Å²) in [7, 11) is 0. The molecule has 0 aromatic heterocycles. The van der Waals surface area contributed by atoms with Crippen molar-refractivity contribution in [2.75, 3.05) is 39.4 Å². The molecule has 7 nitrogen and oxygen atoms in total. The van der Waals surface area contributed by atoms with Crippen molar-refractivity contribution >= 4 is 12.4 Å². The van der Waals surface area contributed by atoms with Gasteiger partial charge in [0, 0.05) is 26.2 Å². The molecule has 0 unspecified atom stereocenters. The lowest BCUT2D eigenvalue weighted by Crippen LogP contribution is -2.53. The number of benzene rings is 1. The fraction of sp³-hybridized carbons (Fsp3) is 0.529. The van der Waals surface area contributed by atoms with Gasteiger partial charge in [-0.3, -0.25) is 4.79 Å². The zero-order valence-corrected chi connectivity index (χ0v) is 13.5. The SMILES string of the molecule is O=CN1CCN(C(=O)NC2(c3ccc4c(c3)OCCO4)CC2)CC1. The normalized spacial score (nSPS) is 21.2. The number of hydrogen-bond donors (Lipinski definition) is 1. The smallest absolute Gasteiger partial charge is 0.318 e. The van der Waals surface area contributed by atoms with Gasteiger partial charge in [0.1, 0.15) is 13.2 Å². The molecule has 3 aliphatic rings. The molecule has 4 rings (SSSR count). The van der Waals surface area contributed by atoms with E-state index in [1.807, 2.05) is 18.2 Å². The largest absolute Gasteiger partial charge is 0.486 e. The maximum Gasteiger partial charge on any atom is 0.318 e. The summed E-state index contributed by atoms with van der Waals surface area (Å²) in [6.45, 7) is 3.45. The van der Waals surface area contributed by atoms with E-state index in [2.05, 4.69) is 5.32 Å². The first-order valence-electron chi connectivity index (χ1n) is 8.37. The minimum absolute atomic E-state index is 0.0621. The van der Waals surface area contributed by atoms with E-state index in [9.17, 15) is 9.59 Å². The zero-order chi connectivity index (χ0) is 16.6. The molecule has 0 bridgehead atoms. The van der Waals surface area contributed by atoms with Gasteiger partial charge in [-0.15, -0.1) is 0 Å². The molecule has 7 heteroatoms. The van der Waals surface area contributed by atoms with Crippen LogP contribution >= 0.6 is 0 Å². The van der Waals surface area contributed by atoms with Crippen LogP contribution in [0.1, 0.15) is 18.4 Å². The molecule has 24 heavy (non-hydrogen) atoms. The Bertz CT molecular complexity index is 651. The first-order valence-corrected chi connectivity index (χ1v) is 8.37. The number of ether oxygens (including phenoxy) is 2. The average Bonchev–Trinajstić information content (AvgIpc) is 3.42. The monoisotopic (exact) mass is 331 g/mol. The summed E-state index contributed by atoms with van der Waals surface area (Å²) in [6, 6.07) is 5.84. The molecular weight excluding hydrogens is 310 g/mol. The van der Waals surface area contributed by atoms with Crippen molar-refractivity contribution in [1.29, 1.82) is 0 Å². The Morgan fingerprint density at radius 1 is 1.08 bits per heavy atom. The first-order chi connectivity index (χ1) is 11.7. The molecule has 2 aliphatic heterocycles. The first kappa shape index (κ1) is 15.1. The van der Waals surface area contributed by atoms with E-state index in [0.717, 1.165) is 36.3 Å². The molecule has 0 atom stereocenters. The molecule has 3 amide bonds. The Kier molecular flexibility index (Phi) is 3.70. The van der Waals surface area contributed by atoms with E-state index >= 15 is 0 Å². The van der Waals surface area contributed by atoms with E-state index in [4.69, 9.17) is 9.47 Å². The van der Waals surface area contributed by atoms with E-state index in [1.54, 1.807) is 9.80 Å². The third-order valence-corrected chi connectivity index (χ3v) is 4.94. The second-order valence-corrected chi connectivity index (χ2v) is 6.50. The van der Waals surface area contributed by atoms with Crippen LogP contribution in [0.15, 0.2) is 18.2 Å². The summed E-state index contributed by atoms with van der Waals surface area (Å²) in [5.41, 5.74) is 0.765. The fourth-order valence-corrected chi connectivity index (χ4v) is 3.27. The highest BCUT2D eigenvalue weighted by atomic mass is 16.6. The number of carbonyl (C=O) groups excluding carboxylic acids is 2. The zero-order valence-electron chi connectivity index (χ0n) is 13.5. The molecular formula is C17H21N3O4. The van der Waals surface area contributed by atoms with Gasteiger partial charge in [0.2, 0.25) is 6.41 Å². The number of nitrogens with one attached hydrogen (secondary N) is 1. The topological polar surface area (TPSA) is 71.1 Å². The number of fused-ring (bicyclic) bond motifs is 1. The number of amides is 3. The number of urea groups is 1. The Hall–Kier alpha value is -2.44. The third kappa shape index (κ3) is 2.74. The van der Waals surface area contributed by atoms with Crippen LogP contribution in [0, 0.1) is 0 Å². The summed E-state index contributed by atoms with van der Waals surface area (Å²) in [5.74, 6) is 1.51. The fourth-order valence-electron chi connectivity index (χ4n) is 3.27. The molecule has 0 radical (unpaired) electrons. The second-order valence-electron chi connectivity index (χ2n) is 6.50. The molecule has 0 spiro atoms. The van der Waals surface area contributed by atoms with Crippen molar-refractivity contribution in [3.63, 3.8) is 0 Å². The summed E-state index contributed by atoms with van der Waals surface area (Å²) >= 11 is 0. The van der Waals surface area contributed by atoms with E-state index in [-0.39, 0.29) is 11.6 Å². The molecule has 1 N–H and O–H groups in total. The van der Waals surface area contributed by atoms with E-state index in [1.165, 1.54) is 0 Å². The van der Waals surface area contributed by atoms with Crippen LogP contribution in [0.25, 0.3) is 0 Å². The molecule has 2 heterocycles. The van der Waals surface area contributed by atoms with Crippen molar-refractivity contribution in [2.45, 2.75) is 18.4 Å². The van der Waals surface area contributed by atoms with Gasteiger partial charge in [-0.2, -0.15) is 0 Å². The van der Waals surface area contributed by atoms with Gasteiger partial charge in [0.25, 0.3) is 0 Å². The lowest BCUT2D eigenvalue weighted by atomic mass is 10.0. The standard InChI is InChI=1S/C17H21N3O4/c21-12-19-5-7-20(8-6-19)16(22)18-17(3-4-17)13-1-2-14-15(11-13)24-10-9-23-14/h1-2,11-12H,3-10H2,(H,18,22). The van der Waals surface area contributed by atoms with Crippen LogP contribution in [0.4, 0.5) is 4.79 Å². The lowest BCUT2D eigenvalue weighted by Gasteiger charge is -2.34. The van der Waals surface area contributed by atoms with Crippen LogP contribution in [-0.4, -0.2) is 61.6 Å². The molecule has 1 aliphatic carbocycles. The van der Waals surface area contributed by atoms with E-state index < -0.39 is 0 Å². The molecule has 1 saturated carbocycles. The van der Waals surface area contributed by atoms with Gasteiger partial charge in [-0.1, -0.05) is 6.07 Å². The maximum atomic E-state index is 12.6. The van der Waals surface area contributed by atoms with Gasteiger partial charge in [-0.25, -0.2) is 4.79 Å². The lowest BCUT2D eigenvalue weighted by molar-refractivity contribution is -0.119. The van der Waals surface area contributed by atoms with E-state index in [0.29, 0.717) is 39.4 Å². The van der Waals surface area contributed by atoms with Crippen LogP contribution in [0.3, 0.4) is 0 Å². The minimum Gasteiger partial charge on any atom is -0.486 e. The van der Waals surface area contributed by atoms with Crippen LogP contribution < -0.4 is 14.8 Å². The minimum atomic E-state index is -0.297. The highest BCUT2D eigenvalue weighted by Gasteiger charge is 2.47. The quantitative estimate of drug-likeness (QED) is 0.837. The van der Waals surface area contributed by atoms with Crippen LogP contribution in [0.5, 0.6) is 11.5 Å². The van der Waals surface area contributed by atoms with Crippen molar-refractivity contribution in [1.82, 2.24) is 15.1 Å². The summed E-state index contributed by atoms with van der Waals surface area (Å²) in [4.78, 5) is 26.8. The third-order valence-electron chi connectivity index (χ3n) is 4.94. The van der Waals surface area contributed by atoms with Crippen LogP contribution in [0.2, 0.25) is 0 Å². The van der Waals surface area contributed by atoms with Crippen molar-refractivity contribution in [3.8, 4) is 11.5 Å². The molecule has 128 valence electrons. The molecule has 1 aromatic carbocycles. The van der Waals surface area contributed by atoms with Crippen molar-refractivity contribution in [3.05, 3.63) is 23.8 Å². The van der Waals surface area contributed by atoms with Gasteiger partial charge in [-0.05, 0) is 30.5 Å². The summed E-state index contributed by atoms with van der Waals surface area (Å²) in [5, 5.41) is 3.18. The predicted molar refractivity (Wildman–Crippen MR) is 86.1 cm³/mol. The van der Waals surface area contributed by atoms with Gasteiger partial charge < -0.3 is 24.6 Å². The maximum absolute atomic E-state index is 12.6. The molecule has 1 saturated heterocycles.